The van der Waals surface area contributed by atoms with Crippen LogP contribution in [0.5, 0.6) is 0 Å². The molecule has 3 unspecified atom stereocenters. The number of ether oxygens (including phenoxy) is 4. The topological polar surface area (TPSA) is 634 Å². The normalized spacial score (nSPS) is 17.1. The third-order valence-corrected chi connectivity index (χ3v) is 18.2. The summed E-state index contributed by atoms with van der Waals surface area (Å²) in [6, 6.07) is -1.92. The Morgan fingerprint density at radius 2 is 1.17 bits per heavy atom. The maximum atomic E-state index is 12.7. The molecule has 1 fully saturated rings. The molecule has 3 rings (SSSR count). The number of nitrogens with zero attached hydrogens (tertiary/aromatic N) is 4. The second kappa shape index (κ2) is 50.5. The van der Waals surface area contributed by atoms with Crippen LogP contribution < -0.4 is 48.7 Å². The van der Waals surface area contributed by atoms with Gasteiger partial charge in [-0.05, 0) is 64.3 Å². The number of hydrogen-bond donors (Lipinski definition) is 16. The van der Waals surface area contributed by atoms with E-state index >= 15 is 0 Å². The molecular formula is C54H94Br2N13O29P3S. The molecule has 48 heteroatoms. The molecule has 0 spiro atoms. The number of amides is 7. The number of imidazole rings is 1. The fourth-order valence-electron chi connectivity index (χ4n) is 8.27. The summed E-state index contributed by atoms with van der Waals surface area (Å²) in [6.07, 6.45) is -1.43. The van der Waals surface area contributed by atoms with Crippen molar-refractivity contribution in [3.05, 3.63) is 12.7 Å². The van der Waals surface area contributed by atoms with Crippen molar-refractivity contribution in [3.63, 3.8) is 0 Å². The fraction of sp³-hybridized carbons (Fsp3) is 0.704. The molecule has 0 radical (unpaired) electrons. The summed E-state index contributed by atoms with van der Waals surface area (Å²) in [6.45, 7) is 5.90. The van der Waals surface area contributed by atoms with Gasteiger partial charge in [0.2, 0.25) is 41.4 Å². The molecule has 0 aromatic carbocycles. The van der Waals surface area contributed by atoms with Crippen LogP contribution in [0.15, 0.2) is 12.7 Å². The van der Waals surface area contributed by atoms with Crippen molar-refractivity contribution in [1.82, 2.24) is 56.7 Å². The van der Waals surface area contributed by atoms with Gasteiger partial charge in [0.25, 0.3) is 0 Å². The number of alkyl halides is 2. The summed E-state index contributed by atoms with van der Waals surface area (Å²) in [4.78, 5) is 175. The monoisotopic (exact) mass is 1670 g/mol. The van der Waals surface area contributed by atoms with Gasteiger partial charge in [0.05, 0.1) is 52.0 Å². The molecule has 1 saturated heterocycles. The first-order chi connectivity index (χ1) is 47.6. The van der Waals surface area contributed by atoms with E-state index in [1.54, 1.807) is 0 Å². The third kappa shape index (κ3) is 41.5. The molecule has 2 aromatic heterocycles. The van der Waals surface area contributed by atoms with E-state index in [1.807, 2.05) is 0 Å². The van der Waals surface area contributed by atoms with Crippen molar-refractivity contribution >= 4 is 149 Å². The van der Waals surface area contributed by atoms with E-state index in [1.165, 1.54) is 67.7 Å². The van der Waals surface area contributed by atoms with Gasteiger partial charge in [-0.3, -0.25) is 56.5 Å². The van der Waals surface area contributed by atoms with Crippen molar-refractivity contribution < 1.29 is 138 Å². The molecule has 2 aromatic rings. The number of carboxylic acids is 1. The average molecular weight is 1670 g/mol. The van der Waals surface area contributed by atoms with Crippen LogP contribution in [0.4, 0.5) is 5.82 Å². The van der Waals surface area contributed by atoms with Crippen molar-refractivity contribution in [2.24, 2.45) is 11.1 Å². The number of halogens is 2. The van der Waals surface area contributed by atoms with Gasteiger partial charge in [-0.15, -0.1) is 0 Å². The third-order valence-electron chi connectivity index (χ3n) is 13.1. The number of methoxy groups -OCH3 is 3. The molecule has 102 heavy (non-hydrogen) atoms. The van der Waals surface area contributed by atoms with Crippen LogP contribution in [-0.4, -0.2) is 252 Å². The lowest BCUT2D eigenvalue weighted by molar-refractivity contribution is -0.145. The number of aliphatic hydroxyl groups excluding tert-OH is 2. The van der Waals surface area contributed by atoms with Crippen molar-refractivity contribution in [2.75, 3.05) is 95.2 Å². The lowest BCUT2D eigenvalue weighted by atomic mass is 9.87. The predicted octanol–water partition coefficient (Wildman–Crippen LogP) is -1.29. The standard InChI is InChI=1S/C32H54N9O20P3S.C11H19BrN2O4.C9H18N2O3.C2H3BrO2/c1-18(42)40-19(31(48)56-4)7-5-6-9-34-22(44)14-65-12-11-35-21(43)8-10-36-29(47)26(46)32(2,3)15-58-64(54,55)61-63(52,53)57-13-20-25(60-62(49,50)51)24(45)30(59-20)41-17-39-23-27(33)37-16-38-28(23)41;1-8(15)14-9(11(17)18-2)5-3-4-6-13-10(16)7-12;1-7(12)11-8(9(13)14-2)5-3-4-6-10;3-1-2(4)5/h16-17,19-20,24-26,30,45-46H,5-15H2,1-4H3,(H,34,44)(H,35,43)(H,36,47)(H,40,42)(H,52,53)(H,54,55)(H2,33,37,38)(H2,49,50,51);9H,3-7H2,1-2H3,(H,13,16)(H,14,15);8H,3-6,10H2,1-2H3,(H,11,12);1H2,(H,4,5)/t19-,20+,24?,25-,26+,30+;9-;8-;/m000./s1. The Morgan fingerprint density at radius 1 is 0.686 bits per heavy atom. The molecular weight excluding hydrogens is 1580 g/mol. The van der Waals surface area contributed by atoms with Gasteiger partial charge < -0.3 is 103 Å². The number of carbonyl (C=O) groups is 11. The lowest BCUT2D eigenvalue weighted by Gasteiger charge is -2.30. The van der Waals surface area contributed by atoms with E-state index in [-0.39, 0.29) is 82.4 Å². The predicted molar refractivity (Wildman–Crippen MR) is 368 cm³/mol. The number of fused-ring (bicyclic) bond motifs is 1. The minimum absolute atomic E-state index is 0.0198. The Hall–Kier alpha value is -5.96. The Bertz CT molecular complexity index is 3160. The number of nitrogen functional groups attached to an aromatic ring is 1. The highest BCUT2D eigenvalue weighted by atomic mass is 79.9. The molecule has 3 heterocycles. The molecule has 7 amide bonds. The van der Waals surface area contributed by atoms with Crippen LogP contribution in [0.3, 0.4) is 0 Å². The second-order valence-corrected chi connectivity index (χ2v) is 28.6. The van der Waals surface area contributed by atoms with E-state index in [0.717, 1.165) is 36.5 Å². The van der Waals surface area contributed by atoms with Gasteiger partial charge in [0, 0.05) is 64.5 Å². The van der Waals surface area contributed by atoms with Crippen LogP contribution in [0, 0.1) is 5.41 Å². The Labute approximate surface area is 607 Å². The Morgan fingerprint density at radius 3 is 1.63 bits per heavy atom. The fourth-order valence-corrected chi connectivity index (χ4v) is 12.0. The number of thioether (sulfide) groups is 1. The molecule has 42 nitrogen and oxygen atoms in total. The molecule has 0 aliphatic carbocycles. The van der Waals surface area contributed by atoms with Gasteiger partial charge in [-0.25, -0.2) is 43.0 Å². The number of carbonyl (C=O) groups excluding carboxylic acids is 10. The van der Waals surface area contributed by atoms with Gasteiger partial charge in [-0.1, -0.05) is 45.7 Å². The zero-order valence-corrected chi connectivity index (χ0v) is 63.9. The highest BCUT2D eigenvalue weighted by Gasteiger charge is 2.50. The van der Waals surface area contributed by atoms with Crippen LogP contribution >= 0.6 is 67.1 Å². The number of hydrogen-bond acceptors (Lipinski definition) is 30. The number of carboxylic acid groups (broad SMARTS) is 1. The van der Waals surface area contributed by atoms with E-state index < -0.39 is 127 Å². The van der Waals surface area contributed by atoms with Gasteiger partial charge in [-0.2, -0.15) is 16.1 Å². The zero-order chi connectivity index (χ0) is 78.0. The minimum Gasteiger partial charge on any atom is -0.481 e. The van der Waals surface area contributed by atoms with E-state index in [0.29, 0.717) is 63.9 Å². The maximum Gasteiger partial charge on any atom is 0.481 e. The SMILES string of the molecule is COC(=O)[C@H](CCCCN)NC(C)=O.COC(=O)[C@H](CCCCNC(=O)CBr)NC(C)=O.COC(=O)[C@H](CCCCNC(=O)CSCCNC(=O)CCNC(=O)[C@@H](O)C(C)(C)COP(=O)(O)OP(=O)(O)OC[C@H]1O[C@@H](n2cnc3c(N)ncnc32)C(O)[C@H]1OP(=O)(O)O)NC(C)=O.O=C(O)CBr. The molecule has 10 atom stereocenters. The van der Waals surface area contributed by atoms with E-state index in [9.17, 15) is 96.2 Å². The van der Waals surface area contributed by atoms with Crippen LogP contribution in [0.1, 0.15) is 105 Å². The number of rotatable bonds is 43. The number of phosphoric ester groups is 3. The number of unbranched alkanes of at least 4 members (excludes halogenated alkanes) is 3. The molecule has 0 bridgehead atoms. The molecule has 1 aliphatic heterocycles. The molecule has 1 aliphatic rings. The highest BCUT2D eigenvalue weighted by Crippen LogP contribution is 2.61. The largest absolute Gasteiger partial charge is 0.481 e. The summed E-state index contributed by atoms with van der Waals surface area (Å²) >= 11 is 7.01. The summed E-state index contributed by atoms with van der Waals surface area (Å²) in [5.41, 5.74) is 9.54. The van der Waals surface area contributed by atoms with E-state index in [2.05, 4.69) is 107 Å². The zero-order valence-electron chi connectivity index (χ0n) is 57.2. The average Bonchev–Trinajstić information content (AvgIpc) is 1.61. The van der Waals surface area contributed by atoms with Crippen molar-refractivity contribution in [2.45, 2.75) is 148 Å². The number of aliphatic hydroxyl groups is 2. The van der Waals surface area contributed by atoms with Gasteiger partial charge in [0.1, 0.15) is 59.7 Å². The smallest absolute Gasteiger partial charge is 0.481 e. The quantitative estimate of drug-likeness (QED) is 0.0121. The number of aromatic nitrogens is 4. The first-order valence-electron chi connectivity index (χ1n) is 30.7. The first-order valence-corrected chi connectivity index (χ1v) is 38.7. The van der Waals surface area contributed by atoms with Crippen LogP contribution in [0.2, 0.25) is 0 Å². The van der Waals surface area contributed by atoms with Crippen LogP contribution in [-0.2, 0) is 103 Å². The van der Waals surface area contributed by atoms with Gasteiger partial charge >= 0.3 is 47.3 Å². The van der Waals surface area contributed by atoms with Crippen LogP contribution in [0.25, 0.3) is 11.2 Å². The highest BCUT2D eigenvalue weighted by molar-refractivity contribution is 9.09. The van der Waals surface area contributed by atoms with E-state index in [4.69, 9.17) is 30.4 Å². The minimum atomic E-state index is -5.60. The molecule has 18 N–H and O–H groups in total. The Balaban J connectivity index is 0.00000222. The summed E-state index contributed by atoms with van der Waals surface area (Å²) in [5, 5.41) is 47.5. The number of nitrogens with two attached hydrogens (primary N) is 2. The molecule has 0 saturated carbocycles. The maximum absolute atomic E-state index is 12.7. The number of phosphoric acid groups is 3. The summed E-state index contributed by atoms with van der Waals surface area (Å²) in [7, 11) is -12.7. The first kappa shape index (κ1) is 96.0. The second-order valence-electron chi connectivity index (χ2n) is 22.1. The molecule has 584 valence electrons. The summed E-state index contributed by atoms with van der Waals surface area (Å²) in [5.74, 6) is -4.41. The lowest BCUT2D eigenvalue weighted by Crippen LogP contribution is -2.46. The number of esters is 3. The van der Waals surface area contributed by atoms with Crippen molar-refractivity contribution in [3.8, 4) is 0 Å². The number of aliphatic carboxylic acids is 1. The van der Waals surface area contributed by atoms with Gasteiger partial charge in [0.15, 0.2) is 17.7 Å². The Kier molecular flexibility index (Phi) is 47.5. The van der Waals surface area contributed by atoms with Crippen molar-refractivity contribution in [1.29, 1.82) is 0 Å². The summed E-state index contributed by atoms with van der Waals surface area (Å²) < 4.78 is 76.1. The number of nitrogens with one attached hydrogen (secondary N) is 7. The number of anilines is 1.